The fourth-order valence-electron chi connectivity index (χ4n) is 0.901. The van der Waals surface area contributed by atoms with Gasteiger partial charge in [0.2, 0.25) is 5.91 Å². The van der Waals surface area contributed by atoms with E-state index >= 15 is 0 Å². The molecule has 0 aromatic heterocycles. The van der Waals surface area contributed by atoms with Crippen LogP contribution in [0.1, 0.15) is 12.8 Å². The van der Waals surface area contributed by atoms with Gasteiger partial charge in [-0.3, -0.25) is 4.79 Å². The zero-order chi connectivity index (χ0) is 6.69. The Hall–Kier alpha value is -0.570. The molecule has 0 aromatic carbocycles. The van der Waals surface area contributed by atoms with Crippen LogP contribution in [0.3, 0.4) is 0 Å². The van der Waals surface area contributed by atoms with Gasteiger partial charge < -0.3 is 10.4 Å². The maximum absolute atomic E-state index is 10.5. The lowest BCUT2D eigenvalue weighted by atomic mass is 9.97. The minimum Gasteiger partial charge on any atom is -0.396 e. The highest BCUT2D eigenvalue weighted by molar-refractivity contribution is 5.84. The first-order valence-corrected chi connectivity index (χ1v) is 3.23. The summed E-state index contributed by atoms with van der Waals surface area (Å²) >= 11 is 0. The molecule has 3 heteroatoms. The van der Waals surface area contributed by atoms with E-state index in [-0.39, 0.29) is 18.4 Å². The van der Waals surface area contributed by atoms with Gasteiger partial charge in [0.1, 0.15) is 0 Å². The van der Waals surface area contributed by atoms with Crippen molar-refractivity contribution in [1.29, 1.82) is 0 Å². The van der Waals surface area contributed by atoms with Crippen LogP contribution in [0.4, 0.5) is 0 Å². The van der Waals surface area contributed by atoms with Crippen LogP contribution >= 0.6 is 0 Å². The van der Waals surface area contributed by atoms with E-state index < -0.39 is 0 Å². The third-order valence-electron chi connectivity index (χ3n) is 1.60. The van der Waals surface area contributed by atoms with Crippen LogP contribution in [0.2, 0.25) is 0 Å². The molecule has 0 aliphatic carbocycles. The third-order valence-corrected chi connectivity index (χ3v) is 1.60. The van der Waals surface area contributed by atoms with Gasteiger partial charge in [0.25, 0.3) is 0 Å². The maximum Gasteiger partial charge on any atom is 0.224 e. The van der Waals surface area contributed by atoms with Crippen LogP contribution in [0.15, 0.2) is 0 Å². The molecule has 1 aliphatic heterocycles. The lowest BCUT2D eigenvalue weighted by Gasteiger charge is -2.25. The van der Waals surface area contributed by atoms with E-state index in [1.807, 2.05) is 0 Å². The van der Waals surface area contributed by atoms with Gasteiger partial charge in [0.05, 0.1) is 5.92 Å². The first-order valence-electron chi connectivity index (χ1n) is 3.23. The molecule has 0 unspecified atom stereocenters. The average Bonchev–Trinajstić information content (AvgIpc) is 1.86. The van der Waals surface area contributed by atoms with Crippen LogP contribution in [-0.2, 0) is 4.79 Å². The first kappa shape index (κ1) is 6.55. The Kier molecular flexibility index (Phi) is 2.05. The summed E-state index contributed by atoms with van der Waals surface area (Å²) in [4.78, 5) is 10.5. The molecular weight excluding hydrogens is 118 g/mol. The number of aliphatic hydroxyl groups excluding tert-OH is 1. The van der Waals surface area contributed by atoms with Crippen LogP contribution in [0.5, 0.6) is 0 Å². The van der Waals surface area contributed by atoms with Crippen molar-refractivity contribution in [2.24, 2.45) is 5.92 Å². The Bertz CT molecular complexity index is 114. The second-order valence-corrected chi connectivity index (χ2v) is 2.31. The van der Waals surface area contributed by atoms with E-state index in [4.69, 9.17) is 5.11 Å². The number of rotatable bonds is 3. The molecule has 0 aromatic rings. The largest absolute Gasteiger partial charge is 0.396 e. The zero-order valence-electron chi connectivity index (χ0n) is 5.26. The molecule has 0 radical (unpaired) electrons. The first-order chi connectivity index (χ1) is 4.34. The fourth-order valence-corrected chi connectivity index (χ4v) is 0.901. The van der Waals surface area contributed by atoms with Crippen LogP contribution in [0, 0.1) is 5.92 Å². The smallest absolute Gasteiger partial charge is 0.224 e. The molecule has 1 saturated heterocycles. The second kappa shape index (κ2) is 2.82. The van der Waals surface area contributed by atoms with Gasteiger partial charge in [0.15, 0.2) is 0 Å². The number of carbonyl (C=O) groups is 1. The van der Waals surface area contributed by atoms with Gasteiger partial charge in [-0.2, -0.15) is 0 Å². The number of β-lactam (4-membered cyclic amide) rings is 1. The lowest BCUT2D eigenvalue weighted by molar-refractivity contribution is -0.131. The molecule has 9 heavy (non-hydrogen) atoms. The molecule has 52 valence electrons. The van der Waals surface area contributed by atoms with Crippen molar-refractivity contribution >= 4 is 5.91 Å². The highest BCUT2D eigenvalue weighted by Crippen LogP contribution is 2.11. The number of nitrogens with one attached hydrogen (secondary N) is 1. The second-order valence-electron chi connectivity index (χ2n) is 2.31. The molecule has 3 nitrogen and oxygen atoms in total. The minimum atomic E-state index is 0.142. The van der Waals surface area contributed by atoms with Crippen molar-refractivity contribution < 1.29 is 9.90 Å². The predicted octanol–water partition coefficient (Wildman–Crippen LogP) is -0.495. The number of aliphatic hydroxyl groups is 1. The molecule has 1 heterocycles. The SMILES string of the molecule is O=C1NC[C@H]1CCCO. The van der Waals surface area contributed by atoms with Gasteiger partial charge in [-0.25, -0.2) is 0 Å². The Morgan fingerprint density at radius 1 is 1.78 bits per heavy atom. The molecule has 1 atom stereocenters. The summed E-state index contributed by atoms with van der Waals surface area (Å²) in [6.45, 7) is 1.00. The summed E-state index contributed by atoms with van der Waals surface area (Å²) in [5.74, 6) is 0.334. The quantitative estimate of drug-likeness (QED) is 0.505. The van der Waals surface area contributed by atoms with E-state index in [2.05, 4.69) is 5.32 Å². The van der Waals surface area contributed by atoms with Gasteiger partial charge in [-0.1, -0.05) is 0 Å². The molecular formula is C6H11NO2. The highest BCUT2D eigenvalue weighted by Gasteiger charge is 2.26. The number of hydrogen-bond donors (Lipinski definition) is 2. The zero-order valence-corrected chi connectivity index (χ0v) is 5.26. The highest BCUT2D eigenvalue weighted by atomic mass is 16.3. The maximum atomic E-state index is 10.5. The van der Waals surface area contributed by atoms with E-state index in [0.717, 1.165) is 19.4 Å². The Morgan fingerprint density at radius 3 is 2.89 bits per heavy atom. The van der Waals surface area contributed by atoms with Gasteiger partial charge >= 0.3 is 0 Å². The van der Waals surface area contributed by atoms with Gasteiger partial charge in [-0.05, 0) is 12.8 Å². The number of amides is 1. The summed E-state index contributed by atoms with van der Waals surface area (Å²) in [6.07, 6.45) is 1.58. The van der Waals surface area contributed by atoms with Gasteiger partial charge in [0, 0.05) is 13.2 Å². The van der Waals surface area contributed by atoms with Crippen molar-refractivity contribution in [3.8, 4) is 0 Å². The van der Waals surface area contributed by atoms with Crippen molar-refractivity contribution in [2.45, 2.75) is 12.8 Å². The summed E-state index contributed by atoms with van der Waals surface area (Å²) in [7, 11) is 0. The molecule has 2 N–H and O–H groups in total. The molecule has 1 amide bonds. The molecule has 0 spiro atoms. The van der Waals surface area contributed by atoms with E-state index in [0.29, 0.717) is 0 Å². The van der Waals surface area contributed by atoms with Gasteiger partial charge in [-0.15, -0.1) is 0 Å². The van der Waals surface area contributed by atoms with E-state index in [9.17, 15) is 4.79 Å². The van der Waals surface area contributed by atoms with Crippen molar-refractivity contribution in [3.05, 3.63) is 0 Å². The molecule has 1 fully saturated rings. The summed E-state index contributed by atoms with van der Waals surface area (Å²) in [5.41, 5.74) is 0. The third kappa shape index (κ3) is 1.42. The number of carbonyl (C=O) groups excluding carboxylic acids is 1. The summed E-state index contributed by atoms with van der Waals surface area (Å²) in [5, 5.41) is 11.0. The molecule has 1 rings (SSSR count). The van der Waals surface area contributed by atoms with Crippen molar-refractivity contribution in [3.63, 3.8) is 0 Å². The standard InChI is InChI=1S/C6H11NO2/c8-3-1-2-5-4-7-6(5)9/h5,8H,1-4H2,(H,7,9)/t5-/m1/s1. The molecule has 0 bridgehead atoms. The minimum absolute atomic E-state index is 0.142. The van der Waals surface area contributed by atoms with E-state index in [1.54, 1.807) is 0 Å². The van der Waals surface area contributed by atoms with E-state index in [1.165, 1.54) is 0 Å². The topological polar surface area (TPSA) is 49.3 Å². The summed E-state index contributed by atoms with van der Waals surface area (Å²) in [6, 6.07) is 0. The summed E-state index contributed by atoms with van der Waals surface area (Å²) < 4.78 is 0. The Labute approximate surface area is 54.1 Å². The normalized spacial score (nSPS) is 25.0. The lowest BCUT2D eigenvalue weighted by Crippen LogP contribution is -2.48. The van der Waals surface area contributed by atoms with Crippen LogP contribution < -0.4 is 5.32 Å². The Morgan fingerprint density at radius 2 is 2.56 bits per heavy atom. The number of hydrogen-bond acceptors (Lipinski definition) is 2. The average molecular weight is 129 g/mol. The predicted molar refractivity (Wildman–Crippen MR) is 32.8 cm³/mol. The van der Waals surface area contributed by atoms with Crippen LogP contribution in [-0.4, -0.2) is 24.2 Å². The molecule has 1 aliphatic rings. The molecule has 0 saturated carbocycles. The van der Waals surface area contributed by atoms with Crippen LogP contribution in [0.25, 0.3) is 0 Å². The van der Waals surface area contributed by atoms with Crippen molar-refractivity contribution in [2.75, 3.05) is 13.2 Å². The Balaban J connectivity index is 2.06. The van der Waals surface area contributed by atoms with Crippen molar-refractivity contribution in [1.82, 2.24) is 5.32 Å². The monoisotopic (exact) mass is 129 g/mol. The fraction of sp³-hybridized carbons (Fsp3) is 0.833.